The molecule has 1 fully saturated rings. The summed E-state index contributed by atoms with van der Waals surface area (Å²) in [6, 6.07) is 5.01. The van der Waals surface area contributed by atoms with Crippen molar-refractivity contribution < 1.29 is 14.2 Å². The number of guanidine groups is 1. The van der Waals surface area contributed by atoms with Crippen LogP contribution in [0.1, 0.15) is 25.0 Å². The van der Waals surface area contributed by atoms with E-state index in [9.17, 15) is 9.50 Å². The fraction of sp³-hybridized carbons (Fsp3) is 0.632. The van der Waals surface area contributed by atoms with Crippen LogP contribution >= 0.6 is 0 Å². The molecule has 1 aliphatic heterocycles. The average molecular weight is 366 g/mol. The van der Waals surface area contributed by atoms with Crippen LogP contribution in [0.5, 0.6) is 0 Å². The molecule has 0 spiro atoms. The van der Waals surface area contributed by atoms with Crippen LogP contribution in [0.3, 0.4) is 0 Å². The summed E-state index contributed by atoms with van der Waals surface area (Å²) in [7, 11) is 0. The van der Waals surface area contributed by atoms with E-state index in [1.165, 1.54) is 6.07 Å². The molecule has 1 aromatic carbocycles. The number of β-amino-alcohol motifs (C(OH)–C–C–N with tert-alkyl or cyclic N) is 1. The first-order chi connectivity index (χ1) is 12.4. The lowest BCUT2D eigenvalue weighted by Gasteiger charge is -2.34. The third-order valence-electron chi connectivity index (χ3n) is 4.29. The van der Waals surface area contributed by atoms with E-state index in [0.717, 1.165) is 25.2 Å². The first kappa shape index (κ1) is 20.6. The van der Waals surface area contributed by atoms with Gasteiger partial charge in [-0.2, -0.15) is 0 Å². The summed E-state index contributed by atoms with van der Waals surface area (Å²) in [5, 5.41) is 17.0. The van der Waals surface area contributed by atoms with Crippen molar-refractivity contribution in [2.75, 3.05) is 45.9 Å². The second-order valence-corrected chi connectivity index (χ2v) is 7.02. The Hall–Kier alpha value is -1.70. The predicted octanol–water partition coefficient (Wildman–Crippen LogP) is 1.27. The van der Waals surface area contributed by atoms with Crippen molar-refractivity contribution in [2.24, 2.45) is 4.99 Å². The Bertz CT molecular complexity index is 601. The summed E-state index contributed by atoms with van der Waals surface area (Å²) < 4.78 is 18.7. The van der Waals surface area contributed by atoms with E-state index in [-0.39, 0.29) is 5.82 Å². The van der Waals surface area contributed by atoms with Crippen molar-refractivity contribution in [1.29, 1.82) is 0 Å². The highest BCUT2D eigenvalue weighted by atomic mass is 19.1. The molecule has 0 radical (unpaired) electrons. The van der Waals surface area contributed by atoms with Crippen molar-refractivity contribution in [3.05, 3.63) is 35.1 Å². The maximum Gasteiger partial charge on any atom is 0.191 e. The number of aryl methyl sites for hydroxylation is 1. The Balaban J connectivity index is 1.90. The minimum absolute atomic E-state index is 0.207. The van der Waals surface area contributed by atoms with Crippen molar-refractivity contribution in [1.82, 2.24) is 15.5 Å². The molecule has 1 saturated heterocycles. The minimum atomic E-state index is -0.875. The first-order valence-electron chi connectivity index (χ1n) is 9.19. The molecule has 0 bridgehead atoms. The smallest absolute Gasteiger partial charge is 0.191 e. The van der Waals surface area contributed by atoms with Gasteiger partial charge in [0.05, 0.1) is 25.4 Å². The van der Waals surface area contributed by atoms with E-state index >= 15 is 0 Å². The fourth-order valence-electron chi connectivity index (χ4n) is 2.89. The Morgan fingerprint density at radius 1 is 1.35 bits per heavy atom. The number of aliphatic hydroxyl groups is 1. The van der Waals surface area contributed by atoms with Gasteiger partial charge in [0.25, 0.3) is 0 Å². The quantitative estimate of drug-likeness (QED) is 0.501. The zero-order chi connectivity index (χ0) is 19.0. The highest BCUT2D eigenvalue weighted by molar-refractivity contribution is 5.79. The molecule has 0 aliphatic carbocycles. The number of ether oxygens (including phenoxy) is 1. The van der Waals surface area contributed by atoms with Crippen LogP contribution in [0.15, 0.2) is 23.2 Å². The number of nitrogens with one attached hydrogen (secondary N) is 2. The van der Waals surface area contributed by atoms with Crippen molar-refractivity contribution in [3.63, 3.8) is 0 Å². The Morgan fingerprint density at radius 3 is 2.73 bits per heavy atom. The van der Waals surface area contributed by atoms with E-state index in [2.05, 4.69) is 20.5 Å². The van der Waals surface area contributed by atoms with Gasteiger partial charge in [0.1, 0.15) is 5.82 Å². The van der Waals surface area contributed by atoms with E-state index < -0.39 is 5.60 Å². The van der Waals surface area contributed by atoms with Crippen LogP contribution in [0.2, 0.25) is 0 Å². The van der Waals surface area contributed by atoms with Gasteiger partial charge in [0.15, 0.2) is 5.96 Å². The number of halogens is 1. The third kappa shape index (κ3) is 6.90. The molecule has 0 saturated carbocycles. The number of hydrogen-bond donors (Lipinski definition) is 3. The van der Waals surface area contributed by atoms with Gasteiger partial charge in [-0.05, 0) is 38.0 Å². The normalized spacial score (nSPS) is 18.4. The minimum Gasteiger partial charge on any atom is -0.387 e. The van der Waals surface area contributed by atoms with Gasteiger partial charge in [0.2, 0.25) is 0 Å². The van der Waals surface area contributed by atoms with Gasteiger partial charge in [-0.1, -0.05) is 12.1 Å². The van der Waals surface area contributed by atoms with E-state index in [0.29, 0.717) is 44.4 Å². The van der Waals surface area contributed by atoms with Crippen molar-refractivity contribution in [2.45, 2.75) is 32.9 Å². The summed E-state index contributed by atoms with van der Waals surface area (Å²) in [5.41, 5.74) is 0.685. The zero-order valence-electron chi connectivity index (χ0n) is 16.0. The SMILES string of the molecule is CCNC(=NCc1ccc(F)c(C)c1)NCC(C)(O)CN1CCOCC1. The average Bonchev–Trinajstić information content (AvgIpc) is 2.61. The number of aliphatic imine (C=N–C) groups is 1. The number of morpholine rings is 1. The largest absolute Gasteiger partial charge is 0.387 e. The molecule has 0 amide bonds. The second-order valence-electron chi connectivity index (χ2n) is 7.02. The maximum atomic E-state index is 13.4. The summed E-state index contributed by atoms with van der Waals surface area (Å²) >= 11 is 0. The second kappa shape index (κ2) is 9.85. The molecule has 2 rings (SSSR count). The van der Waals surface area contributed by atoms with Gasteiger partial charge in [-0.25, -0.2) is 9.38 Å². The van der Waals surface area contributed by atoms with E-state index in [1.54, 1.807) is 19.1 Å². The number of hydrogen-bond acceptors (Lipinski definition) is 4. The van der Waals surface area contributed by atoms with Crippen LogP contribution in [0, 0.1) is 12.7 Å². The number of nitrogens with zero attached hydrogens (tertiary/aromatic N) is 2. The topological polar surface area (TPSA) is 69.1 Å². The molecule has 1 aromatic rings. The summed E-state index contributed by atoms with van der Waals surface area (Å²) in [5.74, 6) is 0.429. The molecule has 1 atom stereocenters. The molecule has 3 N–H and O–H groups in total. The number of rotatable bonds is 7. The highest BCUT2D eigenvalue weighted by Gasteiger charge is 2.25. The lowest BCUT2D eigenvalue weighted by molar-refractivity contribution is -0.0201. The van der Waals surface area contributed by atoms with Crippen LogP contribution < -0.4 is 10.6 Å². The predicted molar refractivity (Wildman–Crippen MR) is 102 cm³/mol. The molecule has 26 heavy (non-hydrogen) atoms. The van der Waals surface area contributed by atoms with Crippen LogP contribution in [-0.4, -0.2) is 67.5 Å². The molecule has 6 nitrogen and oxygen atoms in total. The molecule has 146 valence electrons. The molecule has 1 unspecified atom stereocenters. The lowest BCUT2D eigenvalue weighted by atomic mass is 10.1. The molecule has 0 aromatic heterocycles. The summed E-state index contributed by atoms with van der Waals surface area (Å²) in [6.07, 6.45) is 0. The molecular formula is C19H31FN4O2. The van der Waals surface area contributed by atoms with Gasteiger partial charge >= 0.3 is 0 Å². The van der Waals surface area contributed by atoms with Crippen molar-refractivity contribution >= 4 is 5.96 Å². The summed E-state index contributed by atoms with van der Waals surface area (Å²) in [6.45, 7) is 10.8. The number of benzene rings is 1. The van der Waals surface area contributed by atoms with E-state index in [4.69, 9.17) is 4.74 Å². The van der Waals surface area contributed by atoms with Gasteiger partial charge in [-0.15, -0.1) is 0 Å². The first-order valence-corrected chi connectivity index (χ1v) is 9.19. The van der Waals surface area contributed by atoms with Crippen LogP contribution in [0.25, 0.3) is 0 Å². The third-order valence-corrected chi connectivity index (χ3v) is 4.29. The van der Waals surface area contributed by atoms with Gasteiger partial charge in [0, 0.05) is 32.7 Å². The Labute approximate surface area is 155 Å². The summed E-state index contributed by atoms with van der Waals surface area (Å²) in [4.78, 5) is 6.74. The Kier molecular flexibility index (Phi) is 7.81. The molecule has 1 heterocycles. The highest BCUT2D eigenvalue weighted by Crippen LogP contribution is 2.10. The fourth-order valence-corrected chi connectivity index (χ4v) is 2.89. The molecular weight excluding hydrogens is 335 g/mol. The maximum absolute atomic E-state index is 13.4. The Morgan fingerprint density at radius 2 is 2.08 bits per heavy atom. The standard InChI is InChI=1S/C19H31FN4O2/c1-4-21-18(22-12-16-5-6-17(20)15(2)11-16)23-13-19(3,25)14-24-7-9-26-10-8-24/h5-6,11,25H,4,7-10,12-14H2,1-3H3,(H2,21,22,23). The van der Waals surface area contributed by atoms with E-state index in [1.807, 2.05) is 13.8 Å². The molecule has 7 heteroatoms. The van der Waals surface area contributed by atoms with Gasteiger partial charge < -0.3 is 20.5 Å². The van der Waals surface area contributed by atoms with Crippen molar-refractivity contribution in [3.8, 4) is 0 Å². The monoisotopic (exact) mass is 366 g/mol. The van der Waals surface area contributed by atoms with Gasteiger partial charge in [-0.3, -0.25) is 4.90 Å². The van der Waals surface area contributed by atoms with Crippen LogP contribution in [-0.2, 0) is 11.3 Å². The van der Waals surface area contributed by atoms with Crippen LogP contribution in [0.4, 0.5) is 4.39 Å². The molecule has 1 aliphatic rings. The zero-order valence-corrected chi connectivity index (χ0v) is 16.0. The lowest BCUT2D eigenvalue weighted by Crippen LogP contribution is -2.52.